The van der Waals surface area contributed by atoms with Crippen LogP contribution in [0.4, 0.5) is 14.9 Å². The number of urea groups is 1. The van der Waals surface area contributed by atoms with Crippen LogP contribution >= 0.6 is 0 Å². The average molecular weight is 345 g/mol. The Balaban J connectivity index is 1.86. The van der Waals surface area contributed by atoms with Crippen molar-refractivity contribution in [3.8, 4) is 0 Å². The molecule has 0 saturated heterocycles. The van der Waals surface area contributed by atoms with E-state index in [1.54, 1.807) is 25.3 Å². The van der Waals surface area contributed by atoms with Gasteiger partial charge in [-0.05, 0) is 44.5 Å². The first-order valence-corrected chi connectivity index (χ1v) is 8.37. The van der Waals surface area contributed by atoms with Gasteiger partial charge < -0.3 is 15.5 Å². The molecule has 2 rings (SSSR count). The summed E-state index contributed by atoms with van der Waals surface area (Å²) in [7, 11) is 0. The third-order valence-electron chi connectivity index (χ3n) is 3.83. The maximum absolute atomic E-state index is 14.2. The molecule has 1 aromatic heterocycles. The van der Waals surface area contributed by atoms with Gasteiger partial charge in [-0.2, -0.15) is 0 Å². The summed E-state index contributed by atoms with van der Waals surface area (Å²) in [5.41, 5.74) is 2.02. The van der Waals surface area contributed by atoms with Crippen LogP contribution in [-0.2, 0) is 13.1 Å². The van der Waals surface area contributed by atoms with E-state index in [0.29, 0.717) is 23.6 Å². The molecule has 134 valence electrons. The molecule has 7 heteroatoms. The third kappa shape index (κ3) is 5.41. The van der Waals surface area contributed by atoms with Gasteiger partial charge in [-0.1, -0.05) is 6.07 Å². The van der Waals surface area contributed by atoms with Crippen LogP contribution in [0, 0.1) is 12.7 Å². The van der Waals surface area contributed by atoms with Gasteiger partial charge in [0.05, 0.1) is 17.9 Å². The Morgan fingerprint density at radius 3 is 2.52 bits per heavy atom. The number of anilines is 1. The van der Waals surface area contributed by atoms with Gasteiger partial charge in [-0.25, -0.2) is 19.2 Å². The number of rotatable bonds is 7. The molecular weight excluding hydrogens is 321 g/mol. The summed E-state index contributed by atoms with van der Waals surface area (Å²) in [5.74, 6) is 0.378. The van der Waals surface area contributed by atoms with E-state index < -0.39 is 0 Å². The summed E-state index contributed by atoms with van der Waals surface area (Å²) in [6.07, 6.45) is 1.65. The normalized spacial score (nSPS) is 10.4. The van der Waals surface area contributed by atoms with Gasteiger partial charge in [0.15, 0.2) is 0 Å². The first-order valence-electron chi connectivity index (χ1n) is 8.37. The number of nitrogens with zero attached hydrogens (tertiary/aromatic N) is 3. The minimum absolute atomic E-state index is 0.254. The smallest absolute Gasteiger partial charge is 0.315 e. The molecule has 1 heterocycles. The Bertz CT molecular complexity index is 718. The van der Waals surface area contributed by atoms with Gasteiger partial charge in [0.25, 0.3) is 0 Å². The van der Waals surface area contributed by atoms with Crippen molar-refractivity contribution in [2.45, 2.75) is 33.9 Å². The monoisotopic (exact) mass is 345 g/mol. The van der Waals surface area contributed by atoms with Crippen LogP contribution in [0.2, 0.25) is 0 Å². The van der Waals surface area contributed by atoms with Crippen LogP contribution in [0.25, 0.3) is 0 Å². The maximum atomic E-state index is 14.2. The molecule has 0 unspecified atom stereocenters. The van der Waals surface area contributed by atoms with Gasteiger partial charge in [-0.3, -0.25) is 0 Å². The minimum Gasteiger partial charge on any atom is -0.370 e. The number of aromatic nitrogens is 2. The lowest BCUT2D eigenvalue weighted by molar-refractivity contribution is 0.240. The topological polar surface area (TPSA) is 70.2 Å². The number of benzene rings is 1. The molecule has 1 aromatic carbocycles. The fraction of sp³-hybridized carbons (Fsp3) is 0.389. The number of nitrogens with one attached hydrogen (secondary N) is 2. The molecule has 0 aliphatic heterocycles. The summed E-state index contributed by atoms with van der Waals surface area (Å²) in [4.78, 5) is 22.0. The van der Waals surface area contributed by atoms with Crippen molar-refractivity contribution < 1.29 is 9.18 Å². The van der Waals surface area contributed by atoms with Crippen molar-refractivity contribution in [1.29, 1.82) is 0 Å². The number of halogens is 1. The highest BCUT2D eigenvalue weighted by molar-refractivity contribution is 5.73. The van der Waals surface area contributed by atoms with Crippen molar-refractivity contribution in [2.75, 3.05) is 18.0 Å². The second-order valence-electron chi connectivity index (χ2n) is 5.59. The number of amides is 2. The first-order chi connectivity index (χ1) is 12.0. The molecule has 0 spiro atoms. The van der Waals surface area contributed by atoms with E-state index in [0.717, 1.165) is 18.8 Å². The fourth-order valence-corrected chi connectivity index (χ4v) is 2.50. The molecule has 0 aliphatic carbocycles. The highest BCUT2D eigenvalue weighted by atomic mass is 19.1. The quantitative estimate of drug-likeness (QED) is 0.809. The minimum atomic E-state index is -0.329. The molecule has 6 nitrogen and oxygen atoms in total. The van der Waals surface area contributed by atoms with Crippen molar-refractivity contribution in [3.05, 3.63) is 53.4 Å². The Hall–Kier alpha value is -2.70. The summed E-state index contributed by atoms with van der Waals surface area (Å²) in [6, 6.07) is 6.45. The average Bonchev–Trinajstić information content (AvgIpc) is 2.61. The van der Waals surface area contributed by atoms with Crippen molar-refractivity contribution in [3.63, 3.8) is 0 Å². The molecule has 0 fully saturated rings. The summed E-state index contributed by atoms with van der Waals surface area (Å²) in [6.45, 7) is 7.82. The zero-order valence-corrected chi connectivity index (χ0v) is 14.8. The lowest BCUT2D eigenvalue weighted by atomic mass is 10.2. The van der Waals surface area contributed by atoms with Crippen LogP contribution in [0.3, 0.4) is 0 Å². The van der Waals surface area contributed by atoms with Gasteiger partial charge in [0, 0.05) is 25.8 Å². The Kier molecular flexibility index (Phi) is 6.68. The van der Waals surface area contributed by atoms with Crippen molar-refractivity contribution >= 4 is 11.7 Å². The zero-order chi connectivity index (χ0) is 18.2. The molecule has 0 atom stereocenters. The van der Waals surface area contributed by atoms with E-state index in [4.69, 9.17) is 0 Å². The number of carbonyl (C=O) groups is 1. The fourth-order valence-electron chi connectivity index (χ4n) is 2.50. The third-order valence-corrected chi connectivity index (χ3v) is 3.83. The van der Waals surface area contributed by atoms with Crippen LogP contribution in [-0.4, -0.2) is 29.1 Å². The molecule has 2 aromatic rings. The predicted molar refractivity (Wildman–Crippen MR) is 95.8 cm³/mol. The Morgan fingerprint density at radius 2 is 1.88 bits per heavy atom. The van der Waals surface area contributed by atoms with E-state index in [1.165, 1.54) is 6.07 Å². The van der Waals surface area contributed by atoms with E-state index in [9.17, 15) is 9.18 Å². The van der Waals surface area contributed by atoms with Crippen LogP contribution in [0.15, 0.2) is 30.5 Å². The lowest BCUT2D eigenvalue weighted by Gasteiger charge is -2.22. The SMILES string of the molecule is CCN(CC)c1ccc(CNC(=O)NCc2ccnc(C)n2)cc1F. The highest BCUT2D eigenvalue weighted by Crippen LogP contribution is 2.20. The molecule has 0 bridgehead atoms. The van der Waals surface area contributed by atoms with E-state index in [2.05, 4.69) is 20.6 Å². The molecule has 2 amide bonds. The van der Waals surface area contributed by atoms with Crippen LogP contribution in [0.5, 0.6) is 0 Å². The predicted octanol–water partition coefficient (Wildman–Crippen LogP) is 2.77. The Morgan fingerprint density at radius 1 is 1.16 bits per heavy atom. The summed E-state index contributed by atoms with van der Waals surface area (Å²) in [5, 5.41) is 5.43. The van der Waals surface area contributed by atoms with Gasteiger partial charge in [0.2, 0.25) is 0 Å². The van der Waals surface area contributed by atoms with E-state index in [-0.39, 0.29) is 18.4 Å². The zero-order valence-electron chi connectivity index (χ0n) is 14.8. The summed E-state index contributed by atoms with van der Waals surface area (Å²) >= 11 is 0. The molecule has 0 radical (unpaired) electrons. The van der Waals surface area contributed by atoms with Gasteiger partial charge in [0.1, 0.15) is 11.6 Å². The largest absolute Gasteiger partial charge is 0.370 e. The number of aryl methyl sites for hydroxylation is 1. The standard InChI is InChI=1S/C18H24FN5O/c1-4-24(5-2)17-7-6-14(10-16(17)19)11-21-18(25)22-12-15-8-9-20-13(3)23-15/h6-10H,4-5,11-12H2,1-3H3,(H2,21,22,25). The molecule has 0 saturated carbocycles. The number of carbonyl (C=O) groups excluding carboxylic acids is 1. The highest BCUT2D eigenvalue weighted by Gasteiger charge is 2.09. The maximum Gasteiger partial charge on any atom is 0.315 e. The number of hydrogen-bond acceptors (Lipinski definition) is 4. The second kappa shape index (κ2) is 8.96. The first kappa shape index (κ1) is 18.6. The number of hydrogen-bond donors (Lipinski definition) is 2. The lowest BCUT2D eigenvalue weighted by Crippen LogP contribution is -2.34. The van der Waals surface area contributed by atoms with Crippen molar-refractivity contribution in [2.24, 2.45) is 0 Å². The van der Waals surface area contributed by atoms with Gasteiger partial charge >= 0.3 is 6.03 Å². The summed E-state index contributed by atoms with van der Waals surface area (Å²) < 4.78 is 14.2. The molecule has 25 heavy (non-hydrogen) atoms. The molecular formula is C18H24FN5O. The van der Waals surface area contributed by atoms with Crippen molar-refractivity contribution in [1.82, 2.24) is 20.6 Å². The van der Waals surface area contributed by atoms with E-state index >= 15 is 0 Å². The Labute approximate surface area is 147 Å². The molecule has 2 N–H and O–H groups in total. The van der Waals surface area contributed by atoms with E-state index in [1.807, 2.05) is 24.8 Å². The van der Waals surface area contributed by atoms with Gasteiger partial charge in [-0.15, -0.1) is 0 Å². The van der Waals surface area contributed by atoms with Crippen LogP contribution in [0.1, 0.15) is 30.9 Å². The second-order valence-corrected chi connectivity index (χ2v) is 5.59. The molecule has 0 aliphatic rings. The van der Waals surface area contributed by atoms with Crippen LogP contribution < -0.4 is 15.5 Å².